The van der Waals surface area contributed by atoms with Crippen molar-refractivity contribution >= 4 is 5.69 Å². The van der Waals surface area contributed by atoms with E-state index >= 15 is 0 Å². The van der Waals surface area contributed by atoms with Gasteiger partial charge in [0.15, 0.2) is 0 Å². The Morgan fingerprint density at radius 3 is 2.29 bits per heavy atom. The van der Waals surface area contributed by atoms with Crippen molar-refractivity contribution in [2.24, 2.45) is 5.73 Å². The summed E-state index contributed by atoms with van der Waals surface area (Å²) < 4.78 is 0. The molecule has 0 fully saturated rings. The highest BCUT2D eigenvalue weighted by molar-refractivity contribution is 5.54. The van der Waals surface area contributed by atoms with E-state index in [0.717, 1.165) is 6.42 Å². The molecule has 96 valence electrons. The van der Waals surface area contributed by atoms with Gasteiger partial charge in [-0.15, -0.1) is 0 Å². The van der Waals surface area contributed by atoms with Gasteiger partial charge in [-0.2, -0.15) is 0 Å². The fourth-order valence-corrected chi connectivity index (χ4v) is 2.41. The molecule has 1 rings (SSSR count). The number of benzene rings is 1. The Morgan fingerprint density at radius 1 is 1.18 bits per heavy atom. The minimum absolute atomic E-state index is 0.214. The van der Waals surface area contributed by atoms with Crippen molar-refractivity contribution in [2.45, 2.75) is 52.1 Å². The lowest BCUT2D eigenvalue weighted by Crippen LogP contribution is -2.31. The molecule has 2 heteroatoms. The normalized spacial score (nSPS) is 12.8. The van der Waals surface area contributed by atoms with Crippen molar-refractivity contribution in [3.8, 4) is 0 Å². The first-order valence-electron chi connectivity index (χ1n) is 6.66. The minimum Gasteiger partial charge on any atom is -0.371 e. The average molecular weight is 234 g/mol. The first-order valence-corrected chi connectivity index (χ1v) is 6.66. The van der Waals surface area contributed by atoms with Crippen molar-refractivity contribution in [2.75, 3.05) is 11.9 Å². The molecule has 0 aliphatic heterocycles. The molecular weight excluding hydrogens is 208 g/mol. The third-order valence-corrected chi connectivity index (χ3v) is 3.40. The molecule has 0 saturated heterocycles. The Kier molecular flexibility index (Phi) is 5.49. The van der Waals surface area contributed by atoms with Gasteiger partial charge in [0.25, 0.3) is 0 Å². The standard InChI is InChI=1S/C15H26N2/c1-5-14(6-2)17(4)15-10-8-7-9-13(15)11-12(3)16/h7-10,12,14H,5-6,11,16H2,1-4H3. The molecule has 0 amide bonds. The number of nitrogens with two attached hydrogens (primary N) is 1. The molecule has 0 spiro atoms. The van der Waals surface area contributed by atoms with Crippen LogP contribution in [-0.2, 0) is 6.42 Å². The van der Waals surface area contributed by atoms with Crippen molar-refractivity contribution in [3.05, 3.63) is 29.8 Å². The van der Waals surface area contributed by atoms with E-state index in [9.17, 15) is 0 Å². The lowest BCUT2D eigenvalue weighted by molar-refractivity contribution is 0.588. The molecule has 17 heavy (non-hydrogen) atoms. The summed E-state index contributed by atoms with van der Waals surface area (Å²) in [5.41, 5.74) is 8.61. The summed E-state index contributed by atoms with van der Waals surface area (Å²) >= 11 is 0. The van der Waals surface area contributed by atoms with Gasteiger partial charge in [-0.25, -0.2) is 0 Å². The second-order valence-corrected chi connectivity index (χ2v) is 4.89. The SMILES string of the molecule is CCC(CC)N(C)c1ccccc1CC(C)N. The lowest BCUT2D eigenvalue weighted by atomic mass is 10.0. The second-order valence-electron chi connectivity index (χ2n) is 4.89. The van der Waals surface area contributed by atoms with Gasteiger partial charge in [0.1, 0.15) is 0 Å². The molecule has 0 heterocycles. The molecule has 1 atom stereocenters. The van der Waals surface area contributed by atoms with E-state index in [-0.39, 0.29) is 6.04 Å². The second kappa shape index (κ2) is 6.65. The maximum atomic E-state index is 5.92. The molecule has 1 aromatic carbocycles. The van der Waals surface area contributed by atoms with E-state index in [1.807, 2.05) is 0 Å². The van der Waals surface area contributed by atoms with E-state index in [1.54, 1.807) is 0 Å². The zero-order valence-corrected chi connectivity index (χ0v) is 11.6. The molecule has 2 N–H and O–H groups in total. The van der Waals surface area contributed by atoms with Crippen LogP contribution in [0.5, 0.6) is 0 Å². The van der Waals surface area contributed by atoms with Gasteiger partial charge in [-0.1, -0.05) is 32.0 Å². The summed E-state index contributed by atoms with van der Waals surface area (Å²) in [4.78, 5) is 2.40. The topological polar surface area (TPSA) is 29.3 Å². The van der Waals surface area contributed by atoms with Gasteiger partial charge in [-0.3, -0.25) is 0 Å². The van der Waals surface area contributed by atoms with Crippen LogP contribution in [0, 0.1) is 0 Å². The van der Waals surface area contributed by atoms with Crippen LogP contribution in [0.3, 0.4) is 0 Å². The summed E-state index contributed by atoms with van der Waals surface area (Å²) in [7, 11) is 2.19. The summed E-state index contributed by atoms with van der Waals surface area (Å²) in [6.07, 6.45) is 3.31. The molecule has 0 radical (unpaired) electrons. The van der Waals surface area contributed by atoms with Crippen LogP contribution in [0.25, 0.3) is 0 Å². The molecule has 1 aromatic rings. The summed E-state index contributed by atoms with van der Waals surface area (Å²) in [5, 5.41) is 0. The quantitative estimate of drug-likeness (QED) is 0.819. The fourth-order valence-electron chi connectivity index (χ4n) is 2.41. The van der Waals surface area contributed by atoms with Gasteiger partial charge < -0.3 is 10.6 Å². The molecule has 0 aliphatic rings. The van der Waals surface area contributed by atoms with Crippen LogP contribution in [0.2, 0.25) is 0 Å². The van der Waals surface area contributed by atoms with Crippen molar-refractivity contribution in [3.63, 3.8) is 0 Å². The van der Waals surface area contributed by atoms with Gasteiger partial charge in [-0.05, 0) is 37.8 Å². The highest BCUT2D eigenvalue weighted by Crippen LogP contribution is 2.24. The predicted molar refractivity (Wildman–Crippen MR) is 76.6 cm³/mol. The Labute approximate surface area is 106 Å². The lowest BCUT2D eigenvalue weighted by Gasteiger charge is -2.30. The van der Waals surface area contributed by atoms with Crippen molar-refractivity contribution < 1.29 is 0 Å². The van der Waals surface area contributed by atoms with E-state index in [4.69, 9.17) is 5.73 Å². The predicted octanol–water partition coefficient (Wildman–Crippen LogP) is 3.20. The number of para-hydroxylation sites is 1. The number of nitrogens with zero attached hydrogens (tertiary/aromatic N) is 1. The van der Waals surface area contributed by atoms with E-state index < -0.39 is 0 Å². The molecule has 1 unspecified atom stereocenters. The van der Waals surface area contributed by atoms with Gasteiger partial charge in [0.05, 0.1) is 0 Å². The molecule has 0 saturated carbocycles. The number of anilines is 1. The van der Waals surface area contributed by atoms with Crippen LogP contribution in [0.4, 0.5) is 5.69 Å². The summed E-state index contributed by atoms with van der Waals surface area (Å²) in [6.45, 7) is 6.56. The van der Waals surface area contributed by atoms with E-state index in [1.165, 1.54) is 24.1 Å². The van der Waals surface area contributed by atoms with Gasteiger partial charge in [0, 0.05) is 24.8 Å². The van der Waals surface area contributed by atoms with Crippen molar-refractivity contribution in [1.29, 1.82) is 0 Å². The van der Waals surface area contributed by atoms with Gasteiger partial charge >= 0.3 is 0 Å². The third kappa shape index (κ3) is 3.74. The fraction of sp³-hybridized carbons (Fsp3) is 0.600. The maximum absolute atomic E-state index is 5.92. The third-order valence-electron chi connectivity index (χ3n) is 3.40. The largest absolute Gasteiger partial charge is 0.371 e. The van der Waals surface area contributed by atoms with Gasteiger partial charge in [0.2, 0.25) is 0 Å². The zero-order chi connectivity index (χ0) is 12.8. The molecule has 0 bridgehead atoms. The van der Waals surface area contributed by atoms with Crippen LogP contribution in [0.15, 0.2) is 24.3 Å². The van der Waals surface area contributed by atoms with E-state index in [0.29, 0.717) is 6.04 Å². The van der Waals surface area contributed by atoms with Crippen LogP contribution in [-0.4, -0.2) is 19.1 Å². The first-order chi connectivity index (χ1) is 8.10. The smallest absolute Gasteiger partial charge is 0.0399 e. The van der Waals surface area contributed by atoms with Crippen LogP contribution < -0.4 is 10.6 Å². The zero-order valence-electron chi connectivity index (χ0n) is 11.6. The number of hydrogen-bond acceptors (Lipinski definition) is 2. The molecule has 2 nitrogen and oxygen atoms in total. The Hall–Kier alpha value is -1.02. The first kappa shape index (κ1) is 14.0. The highest BCUT2D eigenvalue weighted by Gasteiger charge is 2.14. The monoisotopic (exact) mass is 234 g/mol. The average Bonchev–Trinajstić information content (AvgIpc) is 2.30. The van der Waals surface area contributed by atoms with Crippen molar-refractivity contribution in [1.82, 2.24) is 0 Å². The highest BCUT2D eigenvalue weighted by atomic mass is 15.1. The summed E-state index contributed by atoms with van der Waals surface area (Å²) in [6, 6.07) is 9.43. The Balaban J connectivity index is 2.95. The van der Waals surface area contributed by atoms with Crippen LogP contribution >= 0.6 is 0 Å². The molecule has 0 aromatic heterocycles. The Morgan fingerprint density at radius 2 is 1.76 bits per heavy atom. The molecule has 0 aliphatic carbocycles. The molecular formula is C15H26N2. The maximum Gasteiger partial charge on any atom is 0.0399 e. The number of hydrogen-bond donors (Lipinski definition) is 1. The number of rotatable bonds is 6. The Bertz CT molecular complexity index is 329. The minimum atomic E-state index is 0.214. The summed E-state index contributed by atoms with van der Waals surface area (Å²) in [5.74, 6) is 0. The van der Waals surface area contributed by atoms with Crippen LogP contribution in [0.1, 0.15) is 39.2 Å². The van der Waals surface area contributed by atoms with E-state index in [2.05, 4.69) is 57.0 Å².